The number of anilines is 1. The molecule has 0 saturated carbocycles. The summed E-state index contributed by atoms with van der Waals surface area (Å²) in [7, 11) is 0. The van der Waals surface area contributed by atoms with Crippen LogP contribution in [0.15, 0.2) is 12.1 Å². The Bertz CT molecular complexity index is 360. The second kappa shape index (κ2) is 4.92. The summed E-state index contributed by atoms with van der Waals surface area (Å²) in [6, 6.07) is 3.69. The van der Waals surface area contributed by atoms with E-state index in [2.05, 4.69) is 15.5 Å². The molecule has 0 aliphatic carbocycles. The van der Waals surface area contributed by atoms with Crippen LogP contribution in [0.1, 0.15) is 26.5 Å². The first-order valence-electron chi connectivity index (χ1n) is 5.25. The first-order valence-corrected chi connectivity index (χ1v) is 5.25. The summed E-state index contributed by atoms with van der Waals surface area (Å²) in [5.41, 5.74) is 0.105. The quantitative estimate of drug-likeness (QED) is 0.792. The number of rotatable bonds is 5. The molecule has 0 radical (unpaired) electrons. The van der Waals surface area contributed by atoms with E-state index in [1.54, 1.807) is 13.8 Å². The largest absolute Gasteiger partial charge is 0.481 e. The smallest absolute Gasteiger partial charge is 0.310 e. The summed E-state index contributed by atoms with van der Waals surface area (Å²) >= 11 is 0. The third kappa shape index (κ3) is 3.18. The molecule has 88 valence electrons. The van der Waals surface area contributed by atoms with Crippen LogP contribution in [0.4, 0.5) is 5.82 Å². The number of carboxylic acid groups (broad SMARTS) is 1. The number of aliphatic carboxylic acids is 1. The SMILES string of the molecule is CCc1ccc(NCC(C)(C)C(=O)O)nn1. The molecule has 1 aromatic rings. The van der Waals surface area contributed by atoms with E-state index in [0.29, 0.717) is 12.4 Å². The maximum atomic E-state index is 10.9. The van der Waals surface area contributed by atoms with Gasteiger partial charge in [0.25, 0.3) is 0 Å². The first-order chi connectivity index (χ1) is 7.45. The number of aryl methyl sites for hydroxylation is 1. The lowest BCUT2D eigenvalue weighted by Crippen LogP contribution is -2.32. The second-order valence-corrected chi connectivity index (χ2v) is 4.31. The third-order valence-corrected chi connectivity index (χ3v) is 2.37. The molecule has 2 N–H and O–H groups in total. The van der Waals surface area contributed by atoms with Crippen molar-refractivity contribution in [3.63, 3.8) is 0 Å². The molecule has 0 spiro atoms. The summed E-state index contributed by atoms with van der Waals surface area (Å²) in [5, 5.41) is 19.8. The lowest BCUT2D eigenvalue weighted by Gasteiger charge is -2.19. The number of nitrogens with zero attached hydrogens (tertiary/aromatic N) is 2. The van der Waals surface area contributed by atoms with Crippen molar-refractivity contribution in [3.8, 4) is 0 Å². The van der Waals surface area contributed by atoms with Gasteiger partial charge in [0.15, 0.2) is 0 Å². The molecule has 5 heteroatoms. The number of aromatic nitrogens is 2. The van der Waals surface area contributed by atoms with Crippen molar-refractivity contribution >= 4 is 11.8 Å². The number of nitrogens with one attached hydrogen (secondary N) is 1. The molecular weight excluding hydrogens is 206 g/mol. The van der Waals surface area contributed by atoms with Crippen LogP contribution in [-0.2, 0) is 11.2 Å². The fraction of sp³-hybridized carbons (Fsp3) is 0.545. The van der Waals surface area contributed by atoms with Gasteiger partial charge in [-0.15, -0.1) is 5.10 Å². The minimum absolute atomic E-state index is 0.322. The van der Waals surface area contributed by atoms with Crippen LogP contribution < -0.4 is 5.32 Å². The Hall–Kier alpha value is -1.65. The van der Waals surface area contributed by atoms with Gasteiger partial charge >= 0.3 is 5.97 Å². The van der Waals surface area contributed by atoms with Gasteiger partial charge in [-0.25, -0.2) is 0 Å². The molecule has 1 heterocycles. The summed E-state index contributed by atoms with van der Waals surface area (Å²) in [5.74, 6) is -0.232. The molecular formula is C11H17N3O2. The van der Waals surface area contributed by atoms with Crippen molar-refractivity contribution in [3.05, 3.63) is 17.8 Å². The average Bonchev–Trinajstić information content (AvgIpc) is 2.27. The Labute approximate surface area is 94.9 Å². The highest BCUT2D eigenvalue weighted by atomic mass is 16.4. The number of carbonyl (C=O) groups is 1. The van der Waals surface area contributed by atoms with Crippen molar-refractivity contribution in [2.24, 2.45) is 5.41 Å². The Balaban J connectivity index is 2.58. The van der Waals surface area contributed by atoms with Gasteiger partial charge in [-0.3, -0.25) is 4.79 Å². The standard InChI is InChI=1S/C11H17N3O2/c1-4-8-5-6-9(14-13-8)12-7-11(2,3)10(15)16/h5-6H,4,7H2,1-3H3,(H,12,14)(H,15,16). The van der Waals surface area contributed by atoms with Crippen molar-refractivity contribution in [1.82, 2.24) is 10.2 Å². The highest BCUT2D eigenvalue weighted by Gasteiger charge is 2.26. The van der Waals surface area contributed by atoms with Gasteiger partial charge in [-0.2, -0.15) is 5.10 Å². The summed E-state index contributed by atoms with van der Waals surface area (Å²) < 4.78 is 0. The Kier molecular flexibility index (Phi) is 3.82. The van der Waals surface area contributed by atoms with E-state index in [1.807, 2.05) is 19.1 Å². The Morgan fingerprint density at radius 1 is 1.44 bits per heavy atom. The van der Waals surface area contributed by atoms with Crippen LogP contribution in [0.3, 0.4) is 0 Å². The molecule has 0 aliphatic heterocycles. The van der Waals surface area contributed by atoms with Crippen LogP contribution in [0.25, 0.3) is 0 Å². The molecule has 0 amide bonds. The summed E-state index contributed by atoms with van der Waals surface area (Å²) in [4.78, 5) is 10.9. The molecule has 0 aromatic carbocycles. The molecule has 16 heavy (non-hydrogen) atoms. The highest BCUT2D eigenvalue weighted by Crippen LogP contribution is 2.15. The molecule has 5 nitrogen and oxygen atoms in total. The molecule has 0 bridgehead atoms. The maximum absolute atomic E-state index is 10.9. The zero-order valence-electron chi connectivity index (χ0n) is 9.82. The normalized spacial score (nSPS) is 11.2. The van der Waals surface area contributed by atoms with Crippen molar-refractivity contribution in [2.75, 3.05) is 11.9 Å². The summed E-state index contributed by atoms with van der Waals surface area (Å²) in [6.45, 7) is 5.65. The van der Waals surface area contributed by atoms with E-state index in [0.717, 1.165) is 12.1 Å². The molecule has 0 atom stereocenters. The molecule has 0 aliphatic rings. The molecule has 1 aromatic heterocycles. The highest BCUT2D eigenvalue weighted by molar-refractivity contribution is 5.74. The minimum Gasteiger partial charge on any atom is -0.481 e. The molecule has 0 unspecified atom stereocenters. The lowest BCUT2D eigenvalue weighted by atomic mass is 9.94. The van der Waals surface area contributed by atoms with Crippen molar-refractivity contribution in [1.29, 1.82) is 0 Å². The second-order valence-electron chi connectivity index (χ2n) is 4.31. The van der Waals surface area contributed by atoms with Crippen LogP contribution in [0, 0.1) is 5.41 Å². The lowest BCUT2D eigenvalue weighted by molar-refractivity contribution is -0.146. The predicted octanol–water partition coefficient (Wildman–Crippen LogP) is 1.56. The number of hydrogen-bond acceptors (Lipinski definition) is 4. The van der Waals surface area contributed by atoms with Crippen LogP contribution in [-0.4, -0.2) is 27.8 Å². The van der Waals surface area contributed by atoms with Crippen molar-refractivity contribution < 1.29 is 9.90 Å². The van der Waals surface area contributed by atoms with Gasteiger partial charge < -0.3 is 10.4 Å². The third-order valence-electron chi connectivity index (χ3n) is 2.37. The molecule has 0 fully saturated rings. The summed E-state index contributed by atoms with van der Waals surface area (Å²) in [6.07, 6.45) is 0.841. The van der Waals surface area contributed by atoms with Gasteiger partial charge in [0.05, 0.1) is 11.1 Å². The van der Waals surface area contributed by atoms with E-state index in [1.165, 1.54) is 0 Å². The van der Waals surface area contributed by atoms with E-state index in [4.69, 9.17) is 5.11 Å². The fourth-order valence-electron chi connectivity index (χ4n) is 1.03. The van der Waals surface area contributed by atoms with E-state index in [9.17, 15) is 4.79 Å². The monoisotopic (exact) mass is 223 g/mol. The fourth-order valence-corrected chi connectivity index (χ4v) is 1.03. The van der Waals surface area contributed by atoms with Gasteiger partial charge in [0.2, 0.25) is 0 Å². The van der Waals surface area contributed by atoms with Gasteiger partial charge in [0, 0.05) is 6.54 Å². The van der Waals surface area contributed by atoms with Crippen LogP contribution >= 0.6 is 0 Å². The number of hydrogen-bond donors (Lipinski definition) is 2. The van der Waals surface area contributed by atoms with Gasteiger partial charge in [0.1, 0.15) is 5.82 Å². The molecule has 1 rings (SSSR count). The van der Waals surface area contributed by atoms with Crippen LogP contribution in [0.2, 0.25) is 0 Å². The van der Waals surface area contributed by atoms with Gasteiger partial charge in [-0.1, -0.05) is 6.92 Å². The molecule has 0 saturated heterocycles. The first kappa shape index (κ1) is 12.4. The van der Waals surface area contributed by atoms with E-state index >= 15 is 0 Å². The Morgan fingerprint density at radius 3 is 2.56 bits per heavy atom. The topological polar surface area (TPSA) is 75.1 Å². The van der Waals surface area contributed by atoms with E-state index in [-0.39, 0.29) is 0 Å². The van der Waals surface area contributed by atoms with Gasteiger partial charge in [-0.05, 0) is 32.4 Å². The predicted molar refractivity (Wildman–Crippen MR) is 61.3 cm³/mol. The Morgan fingerprint density at radius 2 is 2.12 bits per heavy atom. The zero-order valence-corrected chi connectivity index (χ0v) is 9.82. The average molecular weight is 223 g/mol. The van der Waals surface area contributed by atoms with Crippen LogP contribution in [0.5, 0.6) is 0 Å². The van der Waals surface area contributed by atoms with E-state index < -0.39 is 11.4 Å². The van der Waals surface area contributed by atoms with Crippen molar-refractivity contribution in [2.45, 2.75) is 27.2 Å². The number of carboxylic acids is 1. The minimum atomic E-state index is -0.835. The zero-order chi connectivity index (χ0) is 12.2. The maximum Gasteiger partial charge on any atom is 0.310 e.